The maximum absolute atomic E-state index is 2.45. The molecule has 0 spiro atoms. The number of anilines is 6. The van der Waals surface area contributed by atoms with Crippen molar-refractivity contribution in [3.63, 3.8) is 0 Å². The lowest BCUT2D eigenvalue weighted by molar-refractivity contribution is 0.660. The highest BCUT2D eigenvalue weighted by atomic mass is 15.1. The van der Waals surface area contributed by atoms with Crippen LogP contribution in [0.3, 0.4) is 0 Å². The molecule has 0 heterocycles. The first-order valence-corrected chi connectivity index (χ1v) is 32.1. The average Bonchev–Trinajstić information content (AvgIpc) is 1.63. The van der Waals surface area contributed by atoms with Crippen LogP contribution >= 0.6 is 0 Å². The molecule has 0 N–H and O–H groups in total. The Morgan fingerprint density at radius 2 is 0.484 bits per heavy atom. The molecule has 0 radical (unpaired) electrons. The van der Waals surface area contributed by atoms with Crippen LogP contribution in [0.4, 0.5) is 34.1 Å². The van der Waals surface area contributed by atoms with Gasteiger partial charge in [0.1, 0.15) is 0 Å². The molecule has 14 aromatic rings. The number of benzene rings is 14. The van der Waals surface area contributed by atoms with E-state index in [9.17, 15) is 0 Å². The van der Waals surface area contributed by atoms with Gasteiger partial charge < -0.3 is 9.80 Å². The highest BCUT2D eigenvalue weighted by molar-refractivity contribution is 6.03. The molecule has 0 aromatic heterocycles. The normalized spacial score (nSPS) is 14.4. The van der Waals surface area contributed by atoms with Gasteiger partial charge in [-0.2, -0.15) is 0 Å². The summed E-state index contributed by atoms with van der Waals surface area (Å²) in [4.78, 5) is 4.90. The molecule has 0 bridgehead atoms. The molecular weight excluding hydrogens is 1100 g/mol. The number of hydrogen-bond donors (Lipinski definition) is 0. The molecule has 2 nitrogen and oxygen atoms in total. The smallest absolute Gasteiger partial charge is 0.0540 e. The summed E-state index contributed by atoms with van der Waals surface area (Å²) >= 11 is 0. The molecule has 3 aliphatic rings. The molecule has 0 saturated heterocycles. The van der Waals surface area contributed by atoms with Crippen LogP contribution in [0.1, 0.15) is 97.2 Å². The Bertz CT molecular complexity index is 5070. The zero-order valence-electron chi connectivity index (χ0n) is 52.3. The van der Waals surface area contributed by atoms with Gasteiger partial charge in [-0.15, -0.1) is 0 Å². The van der Waals surface area contributed by atoms with E-state index in [0.29, 0.717) is 0 Å². The first-order valence-electron chi connectivity index (χ1n) is 32.1. The van der Waals surface area contributed by atoms with Crippen LogP contribution in [0.2, 0.25) is 0 Å². The Balaban J connectivity index is 0.623. The maximum atomic E-state index is 2.45. The van der Waals surface area contributed by atoms with E-state index in [1.807, 2.05) is 0 Å². The van der Waals surface area contributed by atoms with E-state index >= 15 is 0 Å². The lowest BCUT2D eigenvalue weighted by atomic mass is 9.81. The van der Waals surface area contributed by atoms with E-state index in [1.165, 1.54) is 143 Å². The Kier molecular flexibility index (Phi) is 12.3. The standard InChI is InChI=1S/C89H68N2/c1-87(2)79-49-57(29-31-59-35-45-75-77-47-41-69(55-83(77)88(3,4)81(75)51-59)90(67-39-37-61-17-7-9-21-65(61)53-67)85-27-15-23-63-19-11-13-25-71(63)85)33-43-73(79)74-44-34-58(50-80(74)87)30-32-60-36-46-76-78-48-42-70(56-84(78)89(5,6)82(76)52-60)91(68-40-38-62-18-8-10-22-66(62)54-68)86-28-16-24-64-20-12-14-26-72(64)86/h7-56H,1-6H3/b31-29+,32-30+. The molecule has 3 aliphatic carbocycles. The van der Waals surface area contributed by atoms with Crippen molar-refractivity contribution in [2.45, 2.75) is 57.8 Å². The predicted octanol–water partition coefficient (Wildman–Crippen LogP) is 24.5. The van der Waals surface area contributed by atoms with Crippen molar-refractivity contribution in [2.24, 2.45) is 0 Å². The van der Waals surface area contributed by atoms with Crippen molar-refractivity contribution in [1.82, 2.24) is 0 Å². The van der Waals surface area contributed by atoms with Gasteiger partial charge in [-0.3, -0.25) is 0 Å². The monoisotopic (exact) mass is 1160 g/mol. The first-order chi connectivity index (χ1) is 44.3. The Hall–Kier alpha value is -10.8. The maximum Gasteiger partial charge on any atom is 0.0540 e. The summed E-state index contributed by atoms with van der Waals surface area (Å²) in [5.74, 6) is 0. The minimum Gasteiger partial charge on any atom is -0.310 e. The molecule has 91 heavy (non-hydrogen) atoms. The Morgan fingerprint density at radius 1 is 0.220 bits per heavy atom. The van der Waals surface area contributed by atoms with Crippen LogP contribution in [0.15, 0.2) is 279 Å². The highest BCUT2D eigenvalue weighted by Gasteiger charge is 2.39. The quantitative estimate of drug-likeness (QED) is 0.126. The summed E-state index contributed by atoms with van der Waals surface area (Å²) in [7, 11) is 0. The summed E-state index contributed by atoms with van der Waals surface area (Å²) in [5, 5.41) is 9.83. The van der Waals surface area contributed by atoms with E-state index in [-0.39, 0.29) is 16.2 Å². The summed E-state index contributed by atoms with van der Waals surface area (Å²) in [6.45, 7) is 14.4. The second kappa shape index (κ2) is 20.6. The third-order valence-corrected chi connectivity index (χ3v) is 20.5. The summed E-state index contributed by atoms with van der Waals surface area (Å²) in [6, 6.07) is 104. The molecular formula is C89H68N2. The molecule has 0 atom stereocenters. The van der Waals surface area contributed by atoms with E-state index in [1.54, 1.807) is 0 Å². The molecule has 0 fully saturated rings. The predicted molar refractivity (Wildman–Crippen MR) is 389 cm³/mol. The van der Waals surface area contributed by atoms with Gasteiger partial charge in [-0.05, 0) is 182 Å². The third-order valence-electron chi connectivity index (χ3n) is 20.5. The molecule has 0 unspecified atom stereocenters. The fraction of sp³-hybridized carbons (Fsp3) is 0.101. The Morgan fingerprint density at radius 3 is 0.835 bits per heavy atom. The second-order valence-electron chi connectivity index (χ2n) is 27.0. The van der Waals surface area contributed by atoms with Crippen molar-refractivity contribution in [3.05, 3.63) is 335 Å². The van der Waals surface area contributed by atoms with Gasteiger partial charge in [-0.1, -0.05) is 284 Å². The average molecular weight is 1170 g/mol. The molecule has 14 aromatic carbocycles. The third kappa shape index (κ3) is 8.83. The van der Waals surface area contributed by atoms with E-state index in [2.05, 4.69) is 355 Å². The van der Waals surface area contributed by atoms with Gasteiger partial charge in [0, 0.05) is 49.8 Å². The van der Waals surface area contributed by atoms with Gasteiger partial charge in [0.15, 0.2) is 0 Å². The molecule has 0 aliphatic heterocycles. The molecule has 0 saturated carbocycles. The van der Waals surface area contributed by atoms with E-state index < -0.39 is 0 Å². The second-order valence-corrected chi connectivity index (χ2v) is 27.0. The lowest BCUT2D eigenvalue weighted by Crippen LogP contribution is -2.17. The summed E-state index contributed by atoms with van der Waals surface area (Å²) in [5.41, 5.74) is 27.2. The van der Waals surface area contributed by atoms with Gasteiger partial charge in [0.05, 0.1) is 11.4 Å². The molecule has 434 valence electrons. The number of fused-ring (bicyclic) bond motifs is 13. The fourth-order valence-electron chi connectivity index (χ4n) is 15.6. The molecule has 2 heteroatoms. The first kappa shape index (κ1) is 54.4. The van der Waals surface area contributed by atoms with Gasteiger partial charge in [0.2, 0.25) is 0 Å². The summed E-state index contributed by atoms with van der Waals surface area (Å²) in [6.07, 6.45) is 9.21. The minimum absolute atomic E-state index is 0.169. The lowest BCUT2D eigenvalue weighted by Gasteiger charge is -2.29. The van der Waals surface area contributed by atoms with Crippen molar-refractivity contribution < 1.29 is 0 Å². The zero-order chi connectivity index (χ0) is 61.3. The minimum atomic E-state index is -0.214. The van der Waals surface area contributed by atoms with Crippen molar-refractivity contribution in [2.75, 3.05) is 9.80 Å². The topological polar surface area (TPSA) is 6.48 Å². The van der Waals surface area contributed by atoms with Crippen LogP contribution < -0.4 is 9.80 Å². The fourth-order valence-corrected chi connectivity index (χ4v) is 15.6. The SMILES string of the molecule is CC1(C)c2cc(/C=C/c3ccc4c(c3)C(C)(C)c3cc(N(c5ccc6ccccc6c5)c5cccc6ccccc56)ccc3-4)ccc2-c2ccc(/C=C/c3ccc4c(c3)C(C)(C)c3cc(N(c5ccc6ccccc6c5)c5cccc6ccccc56)ccc3-4)cc21. The summed E-state index contributed by atoms with van der Waals surface area (Å²) < 4.78 is 0. The van der Waals surface area contributed by atoms with Crippen LogP contribution in [0, 0.1) is 0 Å². The van der Waals surface area contributed by atoms with Crippen molar-refractivity contribution in [3.8, 4) is 33.4 Å². The highest BCUT2D eigenvalue weighted by Crippen LogP contribution is 2.55. The van der Waals surface area contributed by atoms with Gasteiger partial charge in [-0.25, -0.2) is 0 Å². The van der Waals surface area contributed by atoms with Crippen molar-refractivity contribution >= 4 is 102 Å². The largest absolute Gasteiger partial charge is 0.310 e. The van der Waals surface area contributed by atoms with E-state index in [0.717, 1.165) is 22.7 Å². The molecule has 0 amide bonds. The van der Waals surface area contributed by atoms with Gasteiger partial charge >= 0.3 is 0 Å². The number of hydrogen-bond acceptors (Lipinski definition) is 2. The van der Waals surface area contributed by atoms with Crippen LogP contribution in [0.5, 0.6) is 0 Å². The number of nitrogens with zero attached hydrogens (tertiary/aromatic N) is 2. The van der Waals surface area contributed by atoms with Crippen LogP contribution in [0.25, 0.3) is 101 Å². The zero-order valence-corrected chi connectivity index (χ0v) is 52.3. The van der Waals surface area contributed by atoms with Crippen LogP contribution in [-0.4, -0.2) is 0 Å². The van der Waals surface area contributed by atoms with Gasteiger partial charge in [0.25, 0.3) is 0 Å². The molecule has 17 rings (SSSR count). The Labute approximate surface area is 534 Å². The number of rotatable bonds is 10. The van der Waals surface area contributed by atoms with E-state index in [4.69, 9.17) is 0 Å². The van der Waals surface area contributed by atoms with Crippen molar-refractivity contribution in [1.29, 1.82) is 0 Å². The van der Waals surface area contributed by atoms with Crippen LogP contribution in [-0.2, 0) is 16.2 Å².